The average molecular weight is 256 g/mol. The van der Waals surface area contributed by atoms with E-state index in [1.807, 2.05) is 12.1 Å². The van der Waals surface area contributed by atoms with Crippen LogP contribution in [0, 0.1) is 17.2 Å². The number of hydrogen-bond acceptors (Lipinski definition) is 3. The van der Waals surface area contributed by atoms with Gasteiger partial charge in [0.25, 0.3) is 0 Å². The second kappa shape index (κ2) is 5.73. The van der Waals surface area contributed by atoms with Crippen molar-refractivity contribution < 1.29 is 4.74 Å². The summed E-state index contributed by atoms with van der Waals surface area (Å²) in [6.07, 6.45) is 4.83. The average Bonchev–Trinajstić information content (AvgIpc) is 3.26. The summed E-state index contributed by atoms with van der Waals surface area (Å²) in [7, 11) is 0. The van der Waals surface area contributed by atoms with Crippen molar-refractivity contribution in [1.29, 1.82) is 5.26 Å². The summed E-state index contributed by atoms with van der Waals surface area (Å²) < 4.78 is 5.64. The van der Waals surface area contributed by atoms with E-state index in [1.165, 1.54) is 18.4 Å². The van der Waals surface area contributed by atoms with Crippen LogP contribution in [0.25, 0.3) is 0 Å². The zero-order valence-corrected chi connectivity index (χ0v) is 11.1. The normalized spacial score (nSPS) is 26.9. The van der Waals surface area contributed by atoms with Gasteiger partial charge in [-0.2, -0.15) is 5.26 Å². The molecule has 100 valence electrons. The number of nitrogens with zero attached hydrogens (tertiary/aromatic N) is 1. The highest BCUT2D eigenvalue weighted by molar-refractivity contribution is 5.31. The molecular weight excluding hydrogens is 236 g/mol. The van der Waals surface area contributed by atoms with Gasteiger partial charge in [0.2, 0.25) is 0 Å². The van der Waals surface area contributed by atoms with Crippen LogP contribution in [0.2, 0.25) is 0 Å². The Morgan fingerprint density at radius 1 is 1.21 bits per heavy atom. The molecule has 0 aromatic heterocycles. The Balaban J connectivity index is 1.63. The highest BCUT2D eigenvalue weighted by Crippen LogP contribution is 2.26. The highest BCUT2D eigenvalue weighted by atomic mass is 16.5. The molecule has 2 fully saturated rings. The predicted molar refractivity (Wildman–Crippen MR) is 73.7 cm³/mol. The zero-order valence-electron chi connectivity index (χ0n) is 11.1. The van der Waals surface area contributed by atoms with E-state index in [4.69, 9.17) is 10.00 Å². The molecule has 0 bridgehead atoms. The lowest BCUT2D eigenvalue weighted by atomic mass is 9.89. The lowest BCUT2D eigenvalue weighted by molar-refractivity contribution is 0.0316. The second-order valence-corrected chi connectivity index (χ2v) is 5.68. The third kappa shape index (κ3) is 3.34. The van der Waals surface area contributed by atoms with Crippen LogP contribution in [0.5, 0.6) is 0 Å². The van der Waals surface area contributed by atoms with Crippen LogP contribution in [0.4, 0.5) is 0 Å². The highest BCUT2D eigenvalue weighted by Gasteiger charge is 2.31. The molecular formula is C16H20N2O. The Kier molecular flexibility index (Phi) is 3.82. The number of hydrogen-bond donors (Lipinski definition) is 1. The number of rotatable bonds is 4. The van der Waals surface area contributed by atoms with Crippen molar-refractivity contribution in [2.75, 3.05) is 13.2 Å². The summed E-state index contributed by atoms with van der Waals surface area (Å²) in [4.78, 5) is 0. The first-order valence-electron chi connectivity index (χ1n) is 7.18. The summed E-state index contributed by atoms with van der Waals surface area (Å²) >= 11 is 0. The van der Waals surface area contributed by atoms with Crippen molar-refractivity contribution in [2.45, 2.75) is 37.8 Å². The summed E-state index contributed by atoms with van der Waals surface area (Å²) in [6.45, 7) is 1.73. The maximum absolute atomic E-state index is 8.82. The monoisotopic (exact) mass is 256 g/mol. The van der Waals surface area contributed by atoms with Crippen molar-refractivity contribution in [3.8, 4) is 6.07 Å². The summed E-state index contributed by atoms with van der Waals surface area (Å²) in [6, 6.07) is 11.5. The first-order chi connectivity index (χ1) is 9.35. The topological polar surface area (TPSA) is 45.0 Å². The first kappa shape index (κ1) is 12.7. The van der Waals surface area contributed by atoms with Crippen LogP contribution < -0.4 is 5.32 Å². The Labute approximate surface area is 114 Å². The molecule has 3 heteroatoms. The van der Waals surface area contributed by atoms with Crippen LogP contribution in [0.3, 0.4) is 0 Å². The zero-order chi connectivity index (χ0) is 13.1. The van der Waals surface area contributed by atoms with E-state index in [2.05, 4.69) is 23.5 Å². The van der Waals surface area contributed by atoms with Gasteiger partial charge in [0.05, 0.1) is 18.2 Å². The van der Waals surface area contributed by atoms with E-state index >= 15 is 0 Å². The quantitative estimate of drug-likeness (QED) is 0.898. The van der Waals surface area contributed by atoms with Crippen LogP contribution in [0.15, 0.2) is 24.3 Å². The standard InChI is InChI=1S/C16H20N2O/c17-10-13-3-1-12(2-4-13)9-14-11-19-8-7-16(14)18-15-5-6-15/h1-4,14-16,18H,5-9,11H2/t14-,16-/m0/s1. The predicted octanol–water partition coefficient (Wildman–Crippen LogP) is 2.26. The van der Waals surface area contributed by atoms with Gasteiger partial charge in [-0.3, -0.25) is 0 Å². The number of ether oxygens (including phenoxy) is 1. The summed E-state index contributed by atoms with van der Waals surface area (Å²) in [5.74, 6) is 0.558. The summed E-state index contributed by atoms with van der Waals surface area (Å²) in [5, 5.41) is 12.6. The molecule has 1 N–H and O–H groups in total. The molecule has 1 aliphatic carbocycles. The largest absolute Gasteiger partial charge is 0.381 e. The van der Waals surface area contributed by atoms with Crippen LogP contribution in [-0.4, -0.2) is 25.3 Å². The van der Waals surface area contributed by atoms with Gasteiger partial charge < -0.3 is 10.1 Å². The van der Waals surface area contributed by atoms with Gasteiger partial charge in [-0.15, -0.1) is 0 Å². The molecule has 3 rings (SSSR count). The molecule has 3 nitrogen and oxygen atoms in total. The fraction of sp³-hybridized carbons (Fsp3) is 0.562. The minimum absolute atomic E-state index is 0.558. The molecule has 1 aromatic rings. The lowest BCUT2D eigenvalue weighted by Gasteiger charge is -2.32. The van der Waals surface area contributed by atoms with E-state index in [9.17, 15) is 0 Å². The SMILES string of the molecule is N#Cc1ccc(C[C@H]2COCC[C@@H]2NC2CC2)cc1. The Bertz CT molecular complexity index is 459. The Morgan fingerprint density at radius 3 is 2.68 bits per heavy atom. The number of nitriles is 1. The number of nitrogens with one attached hydrogen (secondary N) is 1. The maximum Gasteiger partial charge on any atom is 0.0991 e. The molecule has 1 aliphatic heterocycles. The van der Waals surface area contributed by atoms with Crippen LogP contribution in [-0.2, 0) is 11.2 Å². The molecule has 1 aromatic carbocycles. The van der Waals surface area contributed by atoms with Crippen LogP contribution >= 0.6 is 0 Å². The molecule has 0 spiro atoms. The Morgan fingerprint density at radius 2 is 2.00 bits per heavy atom. The molecule has 1 heterocycles. The maximum atomic E-state index is 8.82. The minimum atomic E-state index is 0.558. The van der Waals surface area contributed by atoms with Crippen molar-refractivity contribution in [3.63, 3.8) is 0 Å². The second-order valence-electron chi connectivity index (χ2n) is 5.68. The Hall–Kier alpha value is -1.37. The molecule has 0 radical (unpaired) electrons. The molecule has 1 saturated heterocycles. The third-order valence-electron chi connectivity index (χ3n) is 4.08. The van der Waals surface area contributed by atoms with Gasteiger partial charge in [0.1, 0.15) is 0 Å². The van der Waals surface area contributed by atoms with Gasteiger partial charge in [-0.05, 0) is 43.4 Å². The number of benzene rings is 1. The van der Waals surface area contributed by atoms with Gasteiger partial charge in [-0.1, -0.05) is 12.1 Å². The van der Waals surface area contributed by atoms with Gasteiger partial charge in [0, 0.05) is 24.6 Å². The van der Waals surface area contributed by atoms with Gasteiger partial charge in [-0.25, -0.2) is 0 Å². The lowest BCUT2D eigenvalue weighted by Crippen LogP contribution is -2.44. The van der Waals surface area contributed by atoms with Crippen molar-refractivity contribution in [2.24, 2.45) is 5.92 Å². The van der Waals surface area contributed by atoms with Crippen molar-refractivity contribution in [3.05, 3.63) is 35.4 Å². The summed E-state index contributed by atoms with van der Waals surface area (Å²) in [5.41, 5.74) is 2.04. The van der Waals surface area contributed by atoms with Crippen molar-refractivity contribution >= 4 is 0 Å². The molecule has 1 saturated carbocycles. The fourth-order valence-corrected chi connectivity index (χ4v) is 2.79. The third-order valence-corrected chi connectivity index (χ3v) is 4.08. The van der Waals surface area contributed by atoms with E-state index in [0.29, 0.717) is 12.0 Å². The molecule has 0 unspecified atom stereocenters. The van der Waals surface area contributed by atoms with Gasteiger partial charge in [0.15, 0.2) is 0 Å². The molecule has 2 aliphatic rings. The van der Waals surface area contributed by atoms with E-state index in [1.54, 1.807) is 0 Å². The van der Waals surface area contributed by atoms with E-state index < -0.39 is 0 Å². The molecule has 19 heavy (non-hydrogen) atoms. The van der Waals surface area contributed by atoms with E-state index in [-0.39, 0.29) is 0 Å². The first-order valence-corrected chi connectivity index (χ1v) is 7.18. The van der Waals surface area contributed by atoms with Crippen LogP contribution in [0.1, 0.15) is 30.4 Å². The molecule has 2 atom stereocenters. The molecule has 0 amide bonds. The fourth-order valence-electron chi connectivity index (χ4n) is 2.79. The van der Waals surface area contributed by atoms with Crippen molar-refractivity contribution in [1.82, 2.24) is 5.32 Å². The smallest absolute Gasteiger partial charge is 0.0991 e. The minimum Gasteiger partial charge on any atom is -0.381 e. The van der Waals surface area contributed by atoms with Gasteiger partial charge >= 0.3 is 0 Å². The van der Waals surface area contributed by atoms with E-state index in [0.717, 1.165) is 37.7 Å².